The maximum Gasteiger partial charge on any atom is 0.306 e. The second-order valence-corrected chi connectivity index (χ2v) is 3.13. The maximum absolute atomic E-state index is 11.0. The van der Waals surface area contributed by atoms with Gasteiger partial charge in [0.05, 0.1) is 19.6 Å². The van der Waals surface area contributed by atoms with E-state index >= 15 is 0 Å². The summed E-state index contributed by atoms with van der Waals surface area (Å²) >= 11 is 5.43. The zero-order valence-electron chi connectivity index (χ0n) is 8.14. The van der Waals surface area contributed by atoms with Gasteiger partial charge in [-0.2, -0.15) is 0 Å². The molecular weight excluding hydrogens is 206 g/mol. The molecule has 0 radical (unpaired) electrons. The van der Waals surface area contributed by atoms with Gasteiger partial charge in [-0.3, -0.25) is 9.59 Å². The summed E-state index contributed by atoms with van der Waals surface area (Å²) in [5.74, 6) is -0.604. The van der Waals surface area contributed by atoms with Crippen LogP contribution >= 0.6 is 11.6 Å². The van der Waals surface area contributed by atoms with Crippen LogP contribution in [0.3, 0.4) is 0 Å². The van der Waals surface area contributed by atoms with Gasteiger partial charge in [0.15, 0.2) is 0 Å². The van der Waals surface area contributed by atoms with E-state index in [2.05, 4.69) is 16.6 Å². The van der Waals surface area contributed by atoms with Crippen molar-refractivity contribution in [1.29, 1.82) is 0 Å². The molecule has 0 unspecified atom stereocenters. The third-order valence-corrected chi connectivity index (χ3v) is 1.47. The van der Waals surface area contributed by atoms with Crippen molar-refractivity contribution < 1.29 is 14.3 Å². The van der Waals surface area contributed by atoms with Gasteiger partial charge < -0.3 is 10.1 Å². The molecule has 0 fully saturated rings. The highest BCUT2D eigenvalue weighted by Gasteiger charge is 2.06. The summed E-state index contributed by atoms with van der Waals surface area (Å²) in [6.45, 7) is 5.69. The Hall–Kier alpha value is -1.03. The van der Waals surface area contributed by atoms with Gasteiger partial charge in [-0.25, -0.2) is 0 Å². The Morgan fingerprint density at radius 2 is 2.07 bits per heavy atom. The minimum absolute atomic E-state index is 0.0917. The molecule has 0 bridgehead atoms. The third-order valence-electron chi connectivity index (χ3n) is 1.34. The molecule has 0 rings (SSSR count). The van der Waals surface area contributed by atoms with Crippen molar-refractivity contribution >= 4 is 23.5 Å². The lowest BCUT2D eigenvalue weighted by Gasteiger charge is -2.03. The average Bonchev–Trinajstić information content (AvgIpc) is 2.12. The summed E-state index contributed by atoms with van der Waals surface area (Å²) in [5.41, 5.74) is 0. The van der Waals surface area contributed by atoms with Gasteiger partial charge in [0, 0.05) is 11.5 Å². The van der Waals surface area contributed by atoms with Crippen molar-refractivity contribution in [1.82, 2.24) is 5.32 Å². The van der Waals surface area contributed by atoms with E-state index in [9.17, 15) is 9.59 Å². The van der Waals surface area contributed by atoms with E-state index in [-0.39, 0.29) is 31.3 Å². The second-order valence-electron chi connectivity index (χ2n) is 2.60. The first-order chi connectivity index (χ1) is 6.56. The highest BCUT2D eigenvalue weighted by atomic mass is 35.5. The molecule has 0 saturated carbocycles. The second kappa shape index (κ2) is 7.38. The Bertz CT molecular complexity index is 228. The fourth-order valence-corrected chi connectivity index (χ4v) is 0.798. The number of ether oxygens (including phenoxy) is 1. The van der Waals surface area contributed by atoms with Crippen molar-refractivity contribution in [3.8, 4) is 0 Å². The number of nitrogens with one attached hydrogen (secondary N) is 1. The van der Waals surface area contributed by atoms with Gasteiger partial charge in [-0.15, -0.1) is 0 Å². The van der Waals surface area contributed by atoms with Crippen LogP contribution in [0.15, 0.2) is 11.6 Å². The minimum Gasteiger partial charge on any atom is -0.466 e. The molecule has 1 N–H and O–H groups in total. The Morgan fingerprint density at radius 3 is 2.57 bits per heavy atom. The van der Waals surface area contributed by atoms with E-state index in [0.717, 1.165) is 0 Å². The number of esters is 1. The number of amides is 1. The molecule has 0 aliphatic carbocycles. The van der Waals surface area contributed by atoms with Crippen LogP contribution in [0.5, 0.6) is 0 Å². The molecule has 0 aromatic carbocycles. The van der Waals surface area contributed by atoms with Crippen LogP contribution in [0.25, 0.3) is 0 Å². The molecule has 0 aliphatic rings. The summed E-state index contributed by atoms with van der Waals surface area (Å²) in [4.78, 5) is 21.9. The molecule has 0 aromatic rings. The SMILES string of the molecule is C=C(Cl)CNC(=O)CCC(=O)OCC. The zero-order valence-corrected chi connectivity index (χ0v) is 8.89. The number of halogens is 1. The van der Waals surface area contributed by atoms with Gasteiger partial charge in [-0.05, 0) is 6.92 Å². The Balaban J connectivity index is 3.53. The molecule has 0 spiro atoms. The smallest absolute Gasteiger partial charge is 0.306 e. The van der Waals surface area contributed by atoms with Crippen molar-refractivity contribution in [3.63, 3.8) is 0 Å². The Kier molecular flexibility index (Phi) is 6.84. The number of hydrogen-bond acceptors (Lipinski definition) is 3. The fourth-order valence-electron chi connectivity index (χ4n) is 0.732. The van der Waals surface area contributed by atoms with Crippen LogP contribution in [0, 0.1) is 0 Å². The van der Waals surface area contributed by atoms with E-state index in [1.165, 1.54) is 0 Å². The molecule has 0 saturated heterocycles. The molecule has 0 aliphatic heterocycles. The predicted octanol–water partition coefficient (Wildman–Crippen LogP) is 1.20. The largest absolute Gasteiger partial charge is 0.466 e. The highest BCUT2D eigenvalue weighted by Crippen LogP contribution is 1.95. The lowest BCUT2D eigenvalue weighted by atomic mass is 10.3. The Morgan fingerprint density at radius 1 is 1.43 bits per heavy atom. The number of rotatable bonds is 6. The standard InChI is InChI=1S/C9H14ClNO3/c1-3-14-9(13)5-4-8(12)11-6-7(2)10/h2-6H2,1H3,(H,11,12). The van der Waals surface area contributed by atoms with Crippen LogP contribution in [-0.2, 0) is 14.3 Å². The number of carbonyl (C=O) groups is 2. The van der Waals surface area contributed by atoms with Gasteiger partial charge in [-0.1, -0.05) is 18.2 Å². The first-order valence-electron chi connectivity index (χ1n) is 4.31. The third kappa shape index (κ3) is 7.61. The predicted molar refractivity (Wildman–Crippen MR) is 53.9 cm³/mol. The summed E-state index contributed by atoms with van der Waals surface area (Å²) in [6, 6.07) is 0. The van der Waals surface area contributed by atoms with Crippen LogP contribution in [0.4, 0.5) is 0 Å². The van der Waals surface area contributed by atoms with Crippen molar-refractivity contribution in [2.24, 2.45) is 0 Å². The van der Waals surface area contributed by atoms with Gasteiger partial charge in [0.2, 0.25) is 5.91 Å². The van der Waals surface area contributed by atoms with Crippen LogP contribution in [0.1, 0.15) is 19.8 Å². The summed E-state index contributed by atoms with van der Waals surface area (Å²) in [6.07, 6.45) is 0.206. The lowest BCUT2D eigenvalue weighted by Crippen LogP contribution is -2.25. The van der Waals surface area contributed by atoms with Crippen molar-refractivity contribution in [3.05, 3.63) is 11.6 Å². The lowest BCUT2D eigenvalue weighted by molar-refractivity contribution is -0.144. The fraction of sp³-hybridized carbons (Fsp3) is 0.556. The van der Waals surface area contributed by atoms with Crippen LogP contribution < -0.4 is 5.32 Å². The normalized spacial score (nSPS) is 9.29. The minimum atomic E-state index is -0.368. The molecule has 0 atom stereocenters. The first-order valence-corrected chi connectivity index (χ1v) is 4.69. The summed E-state index contributed by atoms with van der Waals surface area (Å²) in [5, 5.41) is 2.86. The van der Waals surface area contributed by atoms with E-state index in [1.54, 1.807) is 6.92 Å². The molecule has 0 heterocycles. The summed E-state index contributed by atoms with van der Waals surface area (Å²) in [7, 11) is 0. The molecule has 1 amide bonds. The van der Waals surface area contributed by atoms with Crippen LogP contribution in [-0.4, -0.2) is 25.0 Å². The van der Waals surface area contributed by atoms with Crippen molar-refractivity contribution in [2.75, 3.05) is 13.2 Å². The van der Waals surface area contributed by atoms with Gasteiger partial charge in [0.25, 0.3) is 0 Å². The van der Waals surface area contributed by atoms with Crippen molar-refractivity contribution in [2.45, 2.75) is 19.8 Å². The average molecular weight is 220 g/mol. The molecule has 80 valence electrons. The molecular formula is C9H14ClNO3. The van der Waals surface area contributed by atoms with E-state index in [4.69, 9.17) is 11.6 Å². The van der Waals surface area contributed by atoms with E-state index in [1.807, 2.05) is 0 Å². The topological polar surface area (TPSA) is 55.4 Å². The van der Waals surface area contributed by atoms with E-state index < -0.39 is 0 Å². The maximum atomic E-state index is 11.0. The quantitative estimate of drug-likeness (QED) is 0.683. The van der Waals surface area contributed by atoms with Gasteiger partial charge in [0.1, 0.15) is 0 Å². The van der Waals surface area contributed by atoms with Gasteiger partial charge >= 0.3 is 5.97 Å². The molecule has 4 nitrogen and oxygen atoms in total. The Labute approximate surface area is 88.3 Å². The zero-order chi connectivity index (χ0) is 11.0. The first kappa shape index (κ1) is 13.0. The number of carbonyl (C=O) groups excluding carboxylic acids is 2. The molecule has 14 heavy (non-hydrogen) atoms. The summed E-state index contributed by atoms with van der Waals surface area (Å²) < 4.78 is 4.66. The van der Waals surface area contributed by atoms with E-state index in [0.29, 0.717) is 11.6 Å². The number of hydrogen-bond donors (Lipinski definition) is 1. The highest BCUT2D eigenvalue weighted by molar-refractivity contribution is 6.29. The van der Waals surface area contributed by atoms with Crippen LogP contribution in [0.2, 0.25) is 0 Å². The monoisotopic (exact) mass is 219 g/mol. The molecule has 5 heteroatoms. The molecule has 0 aromatic heterocycles.